The summed E-state index contributed by atoms with van der Waals surface area (Å²) in [6.07, 6.45) is 7.39. The first-order valence-electron chi connectivity index (χ1n) is 11.6. The first kappa shape index (κ1) is 22.6. The zero-order valence-corrected chi connectivity index (χ0v) is 19.5. The van der Waals surface area contributed by atoms with Gasteiger partial charge in [-0.3, -0.25) is 9.69 Å². The average Bonchev–Trinajstić information content (AvgIpc) is 3.47. The first-order valence-corrected chi connectivity index (χ1v) is 11.6. The van der Waals surface area contributed by atoms with Crippen molar-refractivity contribution < 1.29 is 9.21 Å². The van der Waals surface area contributed by atoms with Gasteiger partial charge in [0.2, 0.25) is 17.6 Å². The second kappa shape index (κ2) is 9.56. The molecule has 4 heterocycles. The maximum absolute atomic E-state index is 11.4. The van der Waals surface area contributed by atoms with Crippen LogP contribution in [0.5, 0.6) is 0 Å². The number of aromatic amines is 1. The van der Waals surface area contributed by atoms with Gasteiger partial charge in [0.15, 0.2) is 0 Å². The number of amides is 1. The van der Waals surface area contributed by atoms with Crippen LogP contribution < -0.4 is 10.6 Å². The summed E-state index contributed by atoms with van der Waals surface area (Å²) >= 11 is 0. The van der Waals surface area contributed by atoms with Gasteiger partial charge in [-0.2, -0.15) is 5.26 Å². The number of hydrogen-bond donors (Lipinski definition) is 2. The Kier molecular flexibility index (Phi) is 6.16. The van der Waals surface area contributed by atoms with Gasteiger partial charge < -0.3 is 20.0 Å². The molecule has 35 heavy (non-hydrogen) atoms. The normalized spacial score (nSPS) is 14.3. The van der Waals surface area contributed by atoms with Crippen LogP contribution in [0.25, 0.3) is 22.4 Å². The summed E-state index contributed by atoms with van der Waals surface area (Å²) in [5.41, 5.74) is 9.37. The van der Waals surface area contributed by atoms with Crippen LogP contribution in [0, 0.1) is 18.3 Å². The fourth-order valence-corrected chi connectivity index (χ4v) is 4.46. The predicted molar refractivity (Wildman–Crippen MR) is 131 cm³/mol. The number of nitrogens with one attached hydrogen (secondary N) is 1. The molecule has 1 aromatic carbocycles. The molecule has 1 aliphatic heterocycles. The minimum Gasteiger partial charge on any atom is -0.431 e. The number of aromatic nitrogens is 4. The number of hydrogen-bond acceptors (Lipinski definition) is 8. The molecular formula is C25H26N8O2. The van der Waals surface area contributed by atoms with Gasteiger partial charge in [-0.15, -0.1) is 0 Å². The van der Waals surface area contributed by atoms with Crippen LogP contribution in [0.4, 0.5) is 5.95 Å². The van der Waals surface area contributed by atoms with E-state index in [1.165, 1.54) is 5.56 Å². The van der Waals surface area contributed by atoms with Crippen LogP contribution >= 0.6 is 0 Å². The molecular weight excluding hydrogens is 444 g/mol. The number of aryl methyl sites for hydroxylation is 2. The van der Waals surface area contributed by atoms with E-state index in [1.54, 1.807) is 19.3 Å². The second-order valence-electron chi connectivity index (χ2n) is 8.69. The second-order valence-corrected chi connectivity index (χ2v) is 8.69. The van der Waals surface area contributed by atoms with E-state index in [1.807, 2.05) is 18.2 Å². The summed E-state index contributed by atoms with van der Waals surface area (Å²) in [7, 11) is 0. The molecule has 3 aromatic heterocycles. The molecule has 178 valence electrons. The van der Waals surface area contributed by atoms with Gasteiger partial charge in [0, 0.05) is 55.7 Å². The lowest BCUT2D eigenvalue weighted by Gasteiger charge is -2.34. The number of nitrogens with two attached hydrogens (primary N) is 1. The van der Waals surface area contributed by atoms with Crippen molar-refractivity contribution >= 4 is 22.8 Å². The predicted octanol–water partition coefficient (Wildman–Crippen LogP) is 2.65. The quantitative estimate of drug-likeness (QED) is 0.420. The van der Waals surface area contributed by atoms with Gasteiger partial charge in [0.05, 0.1) is 22.9 Å². The summed E-state index contributed by atoms with van der Waals surface area (Å²) in [6, 6.07) is 7.99. The number of benzene rings is 1. The average molecular weight is 471 g/mol. The maximum Gasteiger partial charge on any atom is 0.286 e. The van der Waals surface area contributed by atoms with Crippen LogP contribution in [-0.4, -0.2) is 63.5 Å². The van der Waals surface area contributed by atoms with E-state index in [4.69, 9.17) is 15.4 Å². The van der Waals surface area contributed by atoms with Crippen LogP contribution in [0.1, 0.15) is 33.8 Å². The summed E-state index contributed by atoms with van der Waals surface area (Å²) in [4.78, 5) is 32.5. The SMILES string of the molecule is Cc1nc(-c2cnc(N3CCN(CCCc4c[nH]c5ccc(C#N)cc45)CC3)nc2)oc1C(N)=O. The van der Waals surface area contributed by atoms with E-state index in [2.05, 4.69) is 42.0 Å². The number of oxazole rings is 1. The highest BCUT2D eigenvalue weighted by Crippen LogP contribution is 2.23. The van der Waals surface area contributed by atoms with E-state index >= 15 is 0 Å². The Bertz CT molecular complexity index is 1390. The van der Waals surface area contributed by atoms with Gasteiger partial charge in [-0.05, 0) is 50.1 Å². The fraction of sp³-hybridized carbons (Fsp3) is 0.320. The fourth-order valence-electron chi connectivity index (χ4n) is 4.46. The third-order valence-corrected chi connectivity index (χ3v) is 6.38. The smallest absolute Gasteiger partial charge is 0.286 e. The molecule has 0 saturated carbocycles. The molecule has 0 atom stereocenters. The van der Waals surface area contributed by atoms with E-state index in [-0.39, 0.29) is 11.7 Å². The molecule has 1 aliphatic rings. The van der Waals surface area contributed by atoms with Crippen molar-refractivity contribution in [1.82, 2.24) is 24.8 Å². The zero-order chi connectivity index (χ0) is 24.4. The summed E-state index contributed by atoms with van der Waals surface area (Å²) in [6.45, 7) is 6.28. The number of rotatable bonds is 7. The molecule has 5 rings (SSSR count). The number of primary amides is 1. The van der Waals surface area contributed by atoms with Gasteiger partial charge in [-0.25, -0.2) is 15.0 Å². The molecule has 0 spiro atoms. The minimum atomic E-state index is -0.647. The maximum atomic E-state index is 11.4. The topological polar surface area (TPSA) is 141 Å². The number of anilines is 1. The Hall–Kier alpha value is -4.23. The monoisotopic (exact) mass is 470 g/mol. The highest BCUT2D eigenvalue weighted by atomic mass is 16.4. The van der Waals surface area contributed by atoms with Crippen molar-refractivity contribution in [1.29, 1.82) is 5.26 Å². The van der Waals surface area contributed by atoms with E-state index < -0.39 is 5.91 Å². The van der Waals surface area contributed by atoms with Crippen molar-refractivity contribution in [3.63, 3.8) is 0 Å². The van der Waals surface area contributed by atoms with Crippen LogP contribution in [0.3, 0.4) is 0 Å². The third kappa shape index (κ3) is 4.72. The number of carbonyl (C=O) groups is 1. The van der Waals surface area contributed by atoms with Crippen molar-refractivity contribution in [2.24, 2.45) is 5.73 Å². The molecule has 0 bridgehead atoms. The van der Waals surface area contributed by atoms with Crippen LogP contribution in [0.2, 0.25) is 0 Å². The van der Waals surface area contributed by atoms with Crippen LogP contribution in [-0.2, 0) is 6.42 Å². The largest absolute Gasteiger partial charge is 0.431 e. The lowest BCUT2D eigenvalue weighted by molar-refractivity contribution is 0.0974. The van der Waals surface area contributed by atoms with E-state index in [0.717, 1.165) is 56.5 Å². The van der Waals surface area contributed by atoms with Gasteiger partial charge in [0.1, 0.15) is 0 Å². The lowest BCUT2D eigenvalue weighted by Crippen LogP contribution is -2.47. The standard InChI is InChI=1S/C25H26N8O2/c1-16-22(23(27)34)35-24(31-16)19-14-29-25(30-15-19)33-9-7-32(8-10-33)6-2-3-18-13-28-21-5-4-17(12-26)11-20(18)21/h4-5,11,13-15,28H,2-3,6-10H2,1H3,(H2,27,34). The summed E-state index contributed by atoms with van der Waals surface area (Å²) in [5.74, 6) is 0.355. The first-order chi connectivity index (χ1) is 17.0. The number of H-pyrrole nitrogens is 1. The number of carbonyl (C=O) groups excluding carboxylic acids is 1. The highest BCUT2D eigenvalue weighted by Gasteiger charge is 2.20. The minimum absolute atomic E-state index is 0.0526. The zero-order valence-electron chi connectivity index (χ0n) is 19.5. The lowest BCUT2D eigenvalue weighted by atomic mass is 10.1. The van der Waals surface area contributed by atoms with Gasteiger partial charge >= 0.3 is 0 Å². The number of fused-ring (bicyclic) bond motifs is 1. The summed E-state index contributed by atoms with van der Waals surface area (Å²) in [5, 5.41) is 10.3. The van der Waals surface area contributed by atoms with Gasteiger partial charge in [-0.1, -0.05) is 0 Å². The number of nitriles is 1. The van der Waals surface area contributed by atoms with Crippen molar-refractivity contribution in [3.8, 4) is 17.5 Å². The molecule has 10 heteroatoms. The van der Waals surface area contributed by atoms with Crippen molar-refractivity contribution in [3.05, 3.63) is 59.4 Å². The molecule has 10 nitrogen and oxygen atoms in total. The van der Waals surface area contributed by atoms with E-state index in [0.29, 0.717) is 22.8 Å². The molecule has 0 radical (unpaired) electrons. The third-order valence-electron chi connectivity index (χ3n) is 6.38. The number of piperazine rings is 1. The Labute approximate surface area is 202 Å². The summed E-state index contributed by atoms with van der Waals surface area (Å²) < 4.78 is 5.46. The highest BCUT2D eigenvalue weighted by molar-refractivity contribution is 5.91. The van der Waals surface area contributed by atoms with E-state index in [9.17, 15) is 4.79 Å². The van der Waals surface area contributed by atoms with Crippen molar-refractivity contribution in [2.45, 2.75) is 19.8 Å². The Morgan fingerprint density at radius 1 is 1.23 bits per heavy atom. The van der Waals surface area contributed by atoms with Gasteiger partial charge in [0.25, 0.3) is 5.91 Å². The Morgan fingerprint density at radius 3 is 2.69 bits per heavy atom. The van der Waals surface area contributed by atoms with Crippen LogP contribution in [0.15, 0.2) is 41.2 Å². The Balaban J connectivity index is 1.13. The van der Waals surface area contributed by atoms with Crippen molar-refractivity contribution in [2.75, 3.05) is 37.6 Å². The molecule has 3 N–H and O–H groups in total. The number of nitrogens with zero attached hydrogens (tertiary/aromatic N) is 6. The molecule has 1 fully saturated rings. The molecule has 0 unspecified atom stereocenters. The molecule has 1 saturated heterocycles. The molecule has 1 amide bonds. The Morgan fingerprint density at radius 2 is 2.00 bits per heavy atom. The molecule has 4 aromatic rings. The molecule has 0 aliphatic carbocycles.